The second kappa shape index (κ2) is 9.89. The third kappa shape index (κ3) is 5.36. The number of hydrogen-bond donors (Lipinski definition) is 1. The number of carbonyl (C=O) groups excluding carboxylic acids is 1. The number of pyridine rings is 1. The maximum Gasteiger partial charge on any atom is 0.294 e. The molecule has 28 heavy (non-hydrogen) atoms. The number of likely N-dealkylation sites (tertiary alicyclic amines) is 1. The van der Waals surface area contributed by atoms with Crippen molar-refractivity contribution in [3.63, 3.8) is 0 Å². The largest absolute Gasteiger partial charge is 0.351 e. The van der Waals surface area contributed by atoms with E-state index >= 15 is 0 Å². The van der Waals surface area contributed by atoms with E-state index in [9.17, 15) is 14.9 Å². The molecule has 0 aliphatic carbocycles. The topological polar surface area (TPSA) is 88.4 Å². The summed E-state index contributed by atoms with van der Waals surface area (Å²) in [6, 6.07) is 1.30. The summed E-state index contributed by atoms with van der Waals surface area (Å²) in [5.74, 6) is -0.312. The molecule has 0 spiro atoms. The maximum atomic E-state index is 12.4. The Kier molecular flexibility index (Phi) is 7.53. The number of hydrogen-bond acceptors (Lipinski definition) is 7. The first-order valence-electron chi connectivity index (χ1n) is 8.71. The van der Waals surface area contributed by atoms with Crippen LogP contribution in [0.2, 0.25) is 10.0 Å². The lowest BCUT2D eigenvalue weighted by atomic mass is 10.3. The van der Waals surface area contributed by atoms with Crippen molar-refractivity contribution in [3.8, 4) is 0 Å². The summed E-state index contributed by atoms with van der Waals surface area (Å²) in [7, 11) is 0. The van der Waals surface area contributed by atoms with Crippen LogP contribution in [-0.2, 0) is 0 Å². The summed E-state index contributed by atoms with van der Waals surface area (Å²) >= 11 is 14.3. The summed E-state index contributed by atoms with van der Waals surface area (Å²) in [6.45, 7) is 3.72. The van der Waals surface area contributed by atoms with Crippen molar-refractivity contribution in [2.24, 2.45) is 0 Å². The Morgan fingerprint density at radius 3 is 2.64 bits per heavy atom. The van der Waals surface area contributed by atoms with Crippen molar-refractivity contribution in [1.82, 2.24) is 15.2 Å². The fourth-order valence-corrected chi connectivity index (χ4v) is 5.64. The second-order valence-corrected chi connectivity index (χ2v) is 9.38. The average Bonchev–Trinajstić information content (AvgIpc) is 3.31. The highest BCUT2D eigenvalue weighted by atomic mass is 35.5. The van der Waals surface area contributed by atoms with Crippen LogP contribution in [0.1, 0.15) is 28.9 Å². The Morgan fingerprint density at radius 1 is 1.32 bits per heavy atom. The molecule has 0 aromatic carbocycles. The number of aromatic nitrogens is 1. The van der Waals surface area contributed by atoms with E-state index in [4.69, 9.17) is 23.2 Å². The fraction of sp³-hybridized carbons (Fsp3) is 0.412. The molecule has 0 bridgehead atoms. The summed E-state index contributed by atoms with van der Waals surface area (Å²) in [5.41, 5.74) is -0.138. The molecule has 150 valence electrons. The monoisotopic (exact) mass is 460 g/mol. The molecule has 1 amide bonds. The zero-order valence-electron chi connectivity index (χ0n) is 14.8. The molecular weight excluding hydrogens is 443 g/mol. The lowest BCUT2D eigenvalue weighted by Crippen LogP contribution is -2.28. The Labute approximate surface area is 180 Å². The van der Waals surface area contributed by atoms with E-state index in [1.54, 1.807) is 0 Å². The lowest BCUT2D eigenvalue weighted by molar-refractivity contribution is -0.387. The van der Waals surface area contributed by atoms with Gasteiger partial charge in [-0.2, -0.15) is 0 Å². The Morgan fingerprint density at radius 2 is 2.00 bits per heavy atom. The van der Waals surface area contributed by atoms with Crippen molar-refractivity contribution in [1.29, 1.82) is 0 Å². The van der Waals surface area contributed by atoms with Gasteiger partial charge >= 0.3 is 0 Å². The van der Waals surface area contributed by atoms with Crippen molar-refractivity contribution < 1.29 is 9.72 Å². The van der Waals surface area contributed by atoms with Crippen LogP contribution in [0.5, 0.6) is 0 Å². The minimum absolute atomic E-state index is 0.138. The van der Waals surface area contributed by atoms with E-state index in [2.05, 4.69) is 15.2 Å². The predicted molar refractivity (Wildman–Crippen MR) is 112 cm³/mol. The van der Waals surface area contributed by atoms with Gasteiger partial charge in [-0.15, -0.1) is 11.3 Å². The van der Waals surface area contributed by atoms with Crippen LogP contribution >= 0.6 is 46.3 Å². The number of halogens is 2. The van der Waals surface area contributed by atoms with E-state index in [1.807, 2.05) is 0 Å². The summed E-state index contributed by atoms with van der Waals surface area (Å²) in [6.07, 6.45) is 6.16. The number of amides is 1. The van der Waals surface area contributed by atoms with Crippen LogP contribution in [0.4, 0.5) is 5.69 Å². The first-order chi connectivity index (χ1) is 13.5. The predicted octanol–water partition coefficient (Wildman–Crippen LogP) is 4.73. The number of nitrogens with one attached hydrogen (secondary N) is 1. The van der Waals surface area contributed by atoms with Gasteiger partial charge in [-0.1, -0.05) is 35.0 Å². The van der Waals surface area contributed by atoms with Gasteiger partial charge in [0.05, 0.1) is 19.9 Å². The molecule has 3 heterocycles. The summed E-state index contributed by atoms with van der Waals surface area (Å²) < 4.78 is 0.349. The Balaban J connectivity index is 1.66. The van der Waals surface area contributed by atoms with Crippen molar-refractivity contribution in [2.75, 3.05) is 26.2 Å². The van der Waals surface area contributed by atoms with Gasteiger partial charge in [-0.25, -0.2) is 0 Å². The number of rotatable bonds is 8. The average molecular weight is 461 g/mol. The second-order valence-electron chi connectivity index (χ2n) is 6.23. The highest BCUT2D eigenvalue weighted by Crippen LogP contribution is 2.45. The molecule has 0 unspecified atom stereocenters. The molecule has 1 aliphatic rings. The highest BCUT2D eigenvalue weighted by Gasteiger charge is 2.24. The minimum atomic E-state index is -0.508. The molecule has 1 fully saturated rings. The van der Waals surface area contributed by atoms with E-state index in [1.165, 1.54) is 31.3 Å². The van der Waals surface area contributed by atoms with Crippen LogP contribution < -0.4 is 5.32 Å². The van der Waals surface area contributed by atoms with Crippen molar-refractivity contribution in [2.45, 2.75) is 28.4 Å². The van der Waals surface area contributed by atoms with Gasteiger partial charge in [0.25, 0.3) is 11.6 Å². The van der Waals surface area contributed by atoms with Gasteiger partial charge in [0.2, 0.25) is 0 Å². The quantitative estimate of drug-likeness (QED) is 0.348. The number of nitro groups is 1. The van der Waals surface area contributed by atoms with Gasteiger partial charge in [-0.3, -0.25) is 19.9 Å². The van der Waals surface area contributed by atoms with E-state index in [0.717, 1.165) is 49.2 Å². The molecule has 2 aromatic rings. The first-order valence-corrected chi connectivity index (χ1v) is 11.1. The van der Waals surface area contributed by atoms with E-state index in [-0.39, 0.29) is 16.5 Å². The molecule has 0 saturated carbocycles. The van der Waals surface area contributed by atoms with Gasteiger partial charge in [0, 0.05) is 25.0 Å². The summed E-state index contributed by atoms with van der Waals surface area (Å²) in [4.78, 5) is 30.3. The smallest absolute Gasteiger partial charge is 0.294 e. The number of thiophene rings is 1. The van der Waals surface area contributed by atoms with Crippen LogP contribution in [0.3, 0.4) is 0 Å². The molecule has 0 radical (unpaired) electrons. The Hall–Kier alpha value is -1.39. The first kappa shape index (κ1) is 21.3. The molecular formula is C17H18Cl2N4O3S2. The zero-order chi connectivity index (χ0) is 20.1. The minimum Gasteiger partial charge on any atom is -0.351 e. The molecule has 3 rings (SSSR count). The normalized spacial score (nSPS) is 14.4. The molecule has 2 aromatic heterocycles. The van der Waals surface area contributed by atoms with Gasteiger partial charge in [0.15, 0.2) is 0 Å². The Bertz CT molecular complexity index is 852. The zero-order valence-corrected chi connectivity index (χ0v) is 18.0. The standard InChI is InChI=1S/C17H18Cl2N4O3S2/c18-11-9-20-10-12(19)15(11)28-17-13(23(25)26)8-14(27-17)16(24)21-4-3-7-22-5-1-2-6-22/h8-10H,1-7H2,(H,21,24). The van der Waals surface area contributed by atoms with Crippen LogP contribution in [0.25, 0.3) is 0 Å². The molecule has 1 aliphatic heterocycles. The fourth-order valence-electron chi connectivity index (χ4n) is 2.86. The van der Waals surface area contributed by atoms with Crippen LogP contribution in [-0.4, -0.2) is 46.9 Å². The van der Waals surface area contributed by atoms with Gasteiger partial charge in [0.1, 0.15) is 9.09 Å². The summed E-state index contributed by atoms with van der Waals surface area (Å²) in [5, 5.41) is 14.8. The molecule has 1 N–H and O–H groups in total. The van der Waals surface area contributed by atoms with Gasteiger partial charge < -0.3 is 10.2 Å². The van der Waals surface area contributed by atoms with Crippen molar-refractivity contribution in [3.05, 3.63) is 43.5 Å². The van der Waals surface area contributed by atoms with Crippen molar-refractivity contribution >= 4 is 57.9 Å². The SMILES string of the molecule is O=C(NCCCN1CCCC1)c1cc([N+](=O)[O-])c(Sc2c(Cl)cncc2Cl)s1. The molecule has 1 saturated heterocycles. The van der Waals surface area contributed by atoms with Crippen LogP contribution in [0, 0.1) is 10.1 Å². The highest BCUT2D eigenvalue weighted by molar-refractivity contribution is 8.01. The maximum absolute atomic E-state index is 12.4. The van der Waals surface area contributed by atoms with Gasteiger partial charge in [-0.05, 0) is 38.9 Å². The van der Waals surface area contributed by atoms with Crippen LogP contribution in [0.15, 0.2) is 27.6 Å². The molecule has 11 heteroatoms. The van der Waals surface area contributed by atoms with E-state index < -0.39 is 4.92 Å². The van der Waals surface area contributed by atoms with E-state index in [0.29, 0.717) is 25.7 Å². The third-order valence-corrected chi connectivity index (χ3v) is 7.49. The number of nitrogens with zero attached hydrogens (tertiary/aromatic N) is 3. The molecule has 7 nitrogen and oxygen atoms in total. The molecule has 0 atom stereocenters. The lowest BCUT2D eigenvalue weighted by Gasteiger charge is -2.13. The number of carbonyl (C=O) groups is 1. The third-order valence-electron chi connectivity index (χ3n) is 4.24.